The number of rotatable bonds is 4. The molecule has 1 aliphatic heterocycles. The largest absolute Gasteiger partial charge is 0.520 e. The normalized spacial score (nSPS) is 22.8. The van der Waals surface area contributed by atoms with Crippen molar-refractivity contribution in [1.29, 1.82) is 0 Å². The molecule has 106 valence electrons. The summed E-state index contributed by atoms with van der Waals surface area (Å²) in [5.74, 6) is 0.851. The Balaban J connectivity index is 2.19. The van der Waals surface area contributed by atoms with Crippen molar-refractivity contribution in [3.05, 3.63) is 23.8 Å². The Morgan fingerprint density at radius 2 is 2.11 bits per heavy atom. The maximum absolute atomic E-state index is 6.04. The molecule has 0 amide bonds. The average Bonchev–Trinajstić information content (AvgIpc) is 2.34. The van der Waals surface area contributed by atoms with Crippen molar-refractivity contribution in [2.75, 3.05) is 6.54 Å². The Kier molecular flexibility index (Phi) is 4.88. The van der Waals surface area contributed by atoms with Gasteiger partial charge in [-0.15, -0.1) is 33.2 Å². The van der Waals surface area contributed by atoms with Crippen molar-refractivity contribution < 1.29 is 8.85 Å². The highest BCUT2D eigenvalue weighted by atomic mass is 35.8. The van der Waals surface area contributed by atoms with Crippen LogP contribution in [0.15, 0.2) is 18.2 Å². The third-order valence-corrected chi connectivity index (χ3v) is 8.68. The van der Waals surface area contributed by atoms with Crippen molar-refractivity contribution in [3.8, 4) is 5.75 Å². The number of halogens is 3. The summed E-state index contributed by atoms with van der Waals surface area (Å²) in [6.45, 7) is 3.23. The molecule has 1 aromatic rings. The quantitative estimate of drug-likeness (QED) is 0.666. The highest BCUT2D eigenvalue weighted by Crippen LogP contribution is 2.32. The molecule has 0 saturated carbocycles. The molecule has 0 radical (unpaired) electrons. The topological polar surface area (TPSA) is 44.5 Å². The first kappa shape index (κ1) is 15.6. The first-order valence-corrected chi connectivity index (χ1v) is 13.6. The van der Waals surface area contributed by atoms with Gasteiger partial charge in [-0.05, 0) is 30.8 Å². The molecule has 1 unspecified atom stereocenters. The molecule has 0 aromatic heterocycles. The minimum atomic E-state index is -2.85. The van der Waals surface area contributed by atoms with Crippen molar-refractivity contribution in [2.45, 2.75) is 25.6 Å². The molecule has 2 N–H and O–H groups in total. The molecule has 19 heavy (non-hydrogen) atoms. The lowest BCUT2D eigenvalue weighted by Crippen LogP contribution is -2.45. The fourth-order valence-electron chi connectivity index (χ4n) is 2.01. The van der Waals surface area contributed by atoms with E-state index in [4.69, 9.17) is 47.8 Å². The van der Waals surface area contributed by atoms with E-state index in [1.54, 1.807) is 0 Å². The van der Waals surface area contributed by atoms with Gasteiger partial charge in [-0.2, -0.15) is 0 Å². The van der Waals surface area contributed by atoms with Gasteiger partial charge in [0.25, 0.3) is 0 Å². The van der Waals surface area contributed by atoms with E-state index in [1.165, 1.54) is 0 Å². The van der Waals surface area contributed by atoms with E-state index in [-0.39, 0.29) is 0 Å². The van der Waals surface area contributed by atoms with Gasteiger partial charge in [0.15, 0.2) is 0 Å². The van der Waals surface area contributed by atoms with Crippen LogP contribution in [-0.2, 0) is 11.0 Å². The fraction of sp³-hybridized carbons (Fsp3) is 0.455. The van der Waals surface area contributed by atoms with E-state index < -0.39 is 14.6 Å². The van der Waals surface area contributed by atoms with Crippen molar-refractivity contribution in [2.24, 2.45) is 5.73 Å². The second-order valence-corrected chi connectivity index (χ2v) is 16.4. The molecular formula is C11H16Cl3NO2Si2. The second kappa shape index (κ2) is 5.93. The zero-order valence-electron chi connectivity index (χ0n) is 10.6. The molecule has 0 saturated heterocycles. The summed E-state index contributed by atoms with van der Waals surface area (Å²) < 4.78 is 11.9. The van der Waals surface area contributed by atoms with Gasteiger partial charge in [0, 0.05) is 11.6 Å². The summed E-state index contributed by atoms with van der Waals surface area (Å²) in [6.07, 6.45) is 0.914. The first-order chi connectivity index (χ1) is 8.84. The Labute approximate surface area is 129 Å². The molecule has 0 aliphatic carbocycles. The van der Waals surface area contributed by atoms with Crippen molar-refractivity contribution in [1.82, 2.24) is 0 Å². The first-order valence-electron chi connectivity index (χ1n) is 6.07. The molecule has 0 spiro atoms. The molecule has 3 nitrogen and oxygen atoms in total. The molecule has 1 aliphatic rings. The molecule has 0 bridgehead atoms. The summed E-state index contributed by atoms with van der Waals surface area (Å²) in [6, 6.07) is 3.64. The van der Waals surface area contributed by atoms with Gasteiger partial charge in [0.2, 0.25) is 0 Å². The molecule has 1 aromatic carbocycles. The lowest BCUT2D eigenvalue weighted by Gasteiger charge is -2.33. The number of hydrogen-bond acceptors (Lipinski definition) is 3. The fourth-order valence-corrected chi connectivity index (χ4v) is 5.95. The molecule has 2 rings (SSSR count). The van der Waals surface area contributed by atoms with Gasteiger partial charge in [-0.25, -0.2) is 0 Å². The molecular weight excluding hydrogens is 341 g/mol. The number of hydrogen-bond donors (Lipinski definition) is 1. The van der Waals surface area contributed by atoms with Gasteiger partial charge >= 0.3 is 14.6 Å². The van der Waals surface area contributed by atoms with Gasteiger partial charge in [-0.1, -0.05) is 12.1 Å². The minimum absolute atomic E-state index is 0.519. The molecule has 8 heteroatoms. The lowest BCUT2D eigenvalue weighted by molar-refractivity contribution is 0.204. The van der Waals surface area contributed by atoms with Crippen LogP contribution < -0.4 is 15.3 Å². The maximum Gasteiger partial charge on any atom is 0.395 e. The van der Waals surface area contributed by atoms with Crippen LogP contribution >= 0.6 is 33.2 Å². The number of fused-ring (bicyclic) bond motifs is 1. The molecule has 1 atom stereocenters. The third-order valence-electron chi connectivity index (χ3n) is 3.08. The third kappa shape index (κ3) is 3.88. The molecule has 0 fully saturated rings. The van der Waals surface area contributed by atoms with Crippen LogP contribution in [0.5, 0.6) is 5.75 Å². The van der Waals surface area contributed by atoms with Crippen LogP contribution in [-0.4, -0.2) is 21.1 Å². The van der Waals surface area contributed by atoms with Gasteiger partial charge < -0.3 is 14.6 Å². The monoisotopic (exact) mass is 355 g/mol. The zero-order valence-corrected chi connectivity index (χ0v) is 14.9. The Morgan fingerprint density at radius 1 is 1.37 bits per heavy atom. The minimum Gasteiger partial charge on any atom is -0.520 e. The van der Waals surface area contributed by atoms with E-state index in [1.807, 2.05) is 18.2 Å². The van der Waals surface area contributed by atoms with Gasteiger partial charge in [0.05, 0.1) is 6.61 Å². The second-order valence-electron chi connectivity index (χ2n) is 4.74. The predicted molar refractivity (Wildman–Crippen MR) is 84.9 cm³/mol. The Bertz CT molecular complexity index is 470. The van der Waals surface area contributed by atoms with E-state index in [0.29, 0.717) is 13.2 Å². The van der Waals surface area contributed by atoms with Crippen LogP contribution in [0.4, 0.5) is 0 Å². The highest BCUT2D eigenvalue weighted by molar-refractivity contribution is 7.69. The van der Waals surface area contributed by atoms with Gasteiger partial charge in [-0.3, -0.25) is 0 Å². The van der Waals surface area contributed by atoms with Crippen LogP contribution in [0.2, 0.25) is 12.6 Å². The van der Waals surface area contributed by atoms with E-state index in [9.17, 15) is 0 Å². The van der Waals surface area contributed by atoms with E-state index in [2.05, 4.69) is 6.55 Å². The van der Waals surface area contributed by atoms with E-state index >= 15 is 0 Å². The van der Waals surface area contributed by atoms with E-state index in [0.717, 1.165) is 29.0 Å². The predicted octanol–water partition coefficient (Wildman–Crippen LogP) is 2.88. The zero-order chi connectivity index (χ0) is 14.1. The average molecular weight is 357 g/mol. The summed E-state index contributed by atoms with van der Waals surface area (Å²) in [5, 5.41) is 0.760. The molecule has 1 heterocycles. The Morgan fingerprint density at radius 3 is 2.74 bits per heavy atom. The summed E-state index contributed by atoms with van der Waals surface area (Å²) in [4.78, 5) is 0. The summed E-state index contributed by atoms with van der Waals surface area (Å²) in [7, 11) is -2.14. The number of nitrogens with two attached hydrogens (primary N) is 1. The van der Waals surface area contributed by atoms with Gasteiger partial charge in [0.1, 0.15) is 5.75 Å². The maximum atomic E-state index is 6.04. The SMILES string of the molecule is C[Si]1(CCCN)OCc2cc([Si](Cl)(Cl)Cl)ccc2O1. The highest BCUT2D eigenvalue weighted by Gasteiger charge is 2.38. The Hall–Kier alpha value is 0.244. The van der Waals surface area contributed by atoms with Crippen LogP contribution in [0, 0.1) is 0 Å². The van der Waals surface area contributed by atoms with Crippen LogP contribution in [0.1, 0.15) is 12.0 Å². The van der Waals surface area contributed by atoms with Crippen LogP contribution in [0.25, 0.3) is 0 Å². The van der Waals surface area contributed by atoms with Crippen molar-refractivity contribution in [3.63, 3.8) is 0 Å². The lowest BCUT2D eigenvalue weighted by atomic mass is 10.2. The standard InChI is InChI=1S/C11H16Cl3NO2Si2/c1-18(6-2-5-15)16-8-9-7-10(19(12,13)14)3-4-11(9)17-18/h3-4,7H,2,5-6,8,15H2,1H3. The van der Waals surface area contributed by atoms with Crippen molar-refractivity contribution >= 4 is 53.0 Å². The summed E-state index contributed by atoms with van der Waals surface area (Å²) >= 11 is 18.0. The number of benzene rings is 1. The van der Waals surface area contributed by atoms with Crippen LogP contribution in [0.3, 0.4) is 0 Å². The summed E-state index contributed by atoms with van der Waals surface area (Å²) in [5.41, 5.74) is 6.49. The smallest absolute Gasteiger partial charge is 0.395 e.